The smallest absolute Gasteiger partial charge is 0.243 e. The van der Waals surface area contributed by atoms with Crippen LogP contribution in [0.4, 0.5) is 15.8 Å². The van der Waals surface area contributed by atoms with Gasteiger partial charge in [0.1, 0.15) is 16.9 Å². The van der Waals surface area contributed by atoms with E-state index >= 15 is 0 Å². The summed E-state index contributed by atoms with van der Waals surface area (Å²) in [6.45, 7) is 0.927. The summed E-state index contributed by atoms with van der Waals surface area (Å²) >= 11 is 1.12. The molecule has 0 saturated carbocycles. The first-order valence-corrected chi connectivity index (χ1v) is 8.48. The van der Waals surface area contributed by atoms with Crippen molar-refractivity contribution in [2.45, 2.75) is 12.8 Å². The molecule has 1 N–H and O–H groups in total. The molecule has 122 valence electrons. The van der Waals surface area contributed by atoms with E-state index in [0.717, 1.165) is 47.9 Å². The number of amides is 1. The summed E-state index contributed by atoms with van der Waals surface area (Å²) in [4.78, 5) is 14.4. The van der Waals surface area contributed by atoms with Crippen molar-refractivity contribution in [3.63, 3.8) is 0 Å². The summed E-state index contributed by atoms with van der Waals surface area (Å²) in [5.74, 6) is -0.424. The van der Waals surface area contributed by atoms with E-state index in [4.69, 9.17) is 0 Å². The highest BCUT2D eigenvalue weighted by Crippen LogP contribution is 2.28. The highest BCUT2D eigenvalue weighted by atomic mass is 32.1. The zero-order valence-corrected chi connectivity index (χ0v) is 13.6. The molecule has 24 heavy (non-hydrogen) atoms. The molecule has 1 aromatic heterocycles. The molecule has 0 aliphatic carbocycles. The van der Waals surface area contributed by atoms with Crippen molar-refractivity contribution in [2.75, 3.05) is 23.3 Å². The molecule has 4 rings (SSSR count). The van der Waals surface area contributed by atoms with Crippen molar-refractivity contribution in [1.29, 1.82) is 0 Å². The van der Waals surface area contributed by atoms with E-state index in [0.29, 0.717) is 11.2 Å². The van der Waals surface area contributed by atoms with Gasteiger partial charge in [-0.2, -0.15) is 8.75 Å². The number of benzene rings is 2. The maximum Gasteiger partial charge on any atom is 0.243 e. The fraction of sp³-hybridized carbons (Fsp3) is 0.235. The summed E-state index contributed by atoms with van der Waals surface area (Å²) in [6.07, 6.45) is 1.87. The number of nitrogens with zero attached hydrogens (tertiary/aromatic N) is 3. The third kappa shape index (κ3) is 2.82. The minimum Gasteiger partial charge on any atom is -0.362 e. The fourth-order valence-electron chi connectivity index (χ4n) is 3.06. The Morgan fingerprint density at radius 2 is 2.21 bits per heavy atom. The Bertz CT molecular complexity index is 910. The number of hydrogen-bond donors (Lipinski definition) is 1. The van der Waals surface area contributed by atoms with Gasteiger partial charge in [0.15, 0.2) is 0 Å². The minimum absolute atomic E-state index is 0.146. The van der Waals surface area contributed by atoms with Gasteiger partial charge in [0.05, 0.1) is 24.0 Å². The molecule has 0 radical (unpaired) electrons. The summed E-state index contributed by atoms with van der Waals surface area (Å²) in [5, 5.41) is 2.89. The summed E-state index contributed by atoms with van der Waals surface area (Å²) in [7, 11) is 0. The first-order valence-electron chi connectivity index (χ1n) is 7.75. The van der Waals surface area contributed by atoms with Crippen LogP contribution >= 0.6 is 11.7 Å². The lowest BCUT2D eigenvalue weighted by Crippen LogP contribution is -2.36. The van der Waals surface area contributed by atoms with Crippen LogP contribution in [0.25, 0.3) is 11.0 Å². The predicted octanol–water partition coefficient (Wildman–Crippen LogP) is 3.22. The molecular weight excluding hydrogens is 327 g/mol. The Morgan fingerprint density at radius 3 is 3.12 bits per heavy atom. The molecule has 0 spiro atoms. The average Bonchev–Trinajstić information content (AvgIpc) is 3.05. The summed E-state index contributed by atoms with van der Waals surface area (Å²) in [6, 6.07) is 10.3. The number of hydrogen-bond acceptors (Lipinski definition) is 5. The Morgan fingerprint density at radius 1 is 1.29 bits per heavy atom. The number of carbonyl (C=O) groups excluding carboxylic acids is 1. The van der Waals surface area contributed by atoms with Crippen LogP contribution in [0.15, 0.2) is 36.4 Å². The highest BCUT2D eigenvalue weighted by molar-refractivity contribution is 7.00. The predicted molar refractivity (Wildman–Crippen MR) is 93.0 cm³/mol. The Labute approximate surface area is 142 Å². The summed E-state index contributed by atoms with van der Waals surface area (Å²) in [5.41, 5.74) is 4.01. The number of aryl methyl sites for hydroxylation is 1. The Kier molecular flexibility index (Phi) is 3.86. The monoisotopic (exact) mass is 342 g/mol. The zero-order chi connectivity index (χ0) is 16.5. The van der Waals surface area contributed by atoms with Gasteiger partial charge in [-0.15, -0.1) is 0 Å². The molecule has 7 heteroatoms. The maximum absolute atomic E-state index is 13.5. The van der Waals surface area contributed by atoms with Crippen LogP contribution in [-0.4, -0.2) is 27.7 Å². The van der Waals surface area contributed by atoms with Gasteiger partial charge in [0.25, 0.3) is 0 Å². The van der Waals surface area contributed by atoms with Crippen LogP contribution in [0.2, 0.25) is 0 Å². The van der Waals surface area contributed by atoms with E-state index in [1.807, 2.05) is 23.1 Å². The van der Waals surface area contributed by atoms with Gasteiger partial charge in [-0.1, -0.05) is 12.1 Å². The number of fused-ring (bicyclic) bond motifs is 2. The quantitative estimate of drug-likeness (QED) is 0.794. The molecule has 0 saturated heterocycles. The average molecular weight is 342 g/mol. The number of aromatic nitrogens is 2. The van der Waals surface area contributed by atoms with Crippen LogP contribution in [-0.2, 0) is 11.2 Å². The topological polar surface area (TPSA) is 58.1 Å². The molecular formula is C17H15FN4OS. The van der Waals surface area contributed by atoms with Crippen molar-refractivity contribution in [2.24, 2.45) is 0 Å². The Balaban J connectivity index is 1.53. The van der Waals surface area contributed by atoms with E-state index < -0.39 is 0 Å². The van der Waals surface area contributed by atoms with Gasteiger partial charge >= 0.3 is 0 Å². The van der Waals surface area contributed by atoms with Crippen LogP contribution in [0, 0.1) is 5.82 Å². The van der Waals surface area contributed by atoms with Crippen LogP contribution < -0.4 is 10.2 Å². The van der Waals surface area contributed by atoms with Gasteiger partial charge in [-0.3, -0.25) is 4.79 Å². The number of anilines is 2. The SMILES string of the molecule is O=C(CN1CCCc2ccc(F)cc21)Nc1cccc2nsnc12. The van der Waals surface area contributed by atoms with Crippen LogP contribution in [0.5, 0.6) is 0 Å². The third-order valence-corrected chi connectivity index (χ3v) is 4.70. The molecule has 0 fully saturated rings. The van der Waals surface area contributed by atoms with Crippen LogP contribution in [0.1, 0.15) is 12.0 Å². The molecule has 5 nitrogen and oxygen atoms in total. The van der Waals surface area contributed by atoms with E-state index in [9.17, 15) is 9.18 Å². The van der Waals surface area contributed by atoms with E-state index in [2.05, 4.69) is 14.1 Å². The lowest BCUT2D eigenvalue weighted by atomic mass is 10.0. The van der Waals surface area contributed by atoms with Crippen molar-refractivity contribution >= 4 is 40.0 Å². The van der Waals surface area contributed by atoms with Gasteiger partial charge < -0.3 is 10.2 Å². The lowest BCUT2D eigenvalue weighted by molar-refractivity contribution is -0.115. The second-order valence-corrected chi connectivity index (χ2v) is 6.31. The number of carbonyl (C=O) groups is 1. The molecule has 2 heterocycles. The normalized spacial score (nSPS) is 13.8. The molecule has 0 unspecified atom stereocenters. The first-order chi connectivity index (χ1) is 11.7. The standard InChI is InChI=1S/C17H15FN4OS/c18-12-7-6-11-3-2-8-22(15(11)9-12)10-16(23)19-13-4-1-5-14-17(13)21-24-20-14/h1,4-7,9H,2-3,8,10H2,(H,19,23). The van der Waals surface area contributed by atoms with Gasteiger partial charge in [-0.05, 0) is 42.7 Å². The molecule has 1 aliphatic heterocycles. The third-order valence-electron chi connectivity index (χ3n) is 4.16. The Hall–Kier alpha value is -2.54. The van der Waals surface area contributed by atoms with Gasteiger partial charge in [0.2, 0.25) is 5.91 Å². The summed E-state index contributed by atoms with van der Waals surface area (Å²) < 4.78 is 21.9. The van der Waals surface area contributed by atoms with Crippen molar-refractivity contribution in [3.8, 4) is 0 Å². The van der Waals surface area contributed by atoms with E-state index in [1.54, 1.807) is 6.07 Å². The molecule has 0 atom stereocenters. The number of nitrogens with one attached hydrogen (secondary N) is 1. The number of rotatable bonds is 3. The molecule has 0 bridgehead atoms. The van der Waals surface area contributed by atoms with Gasteiger partial charge in [0, 0.05) is 12.2 Å². The molecule has 1 amide bonds. The minimum atomic E-state index is -0.278. The molecule has 3 aromatic rings. The first kappa shape index (κ1) is 15.0. The number of halogens is 1. The second-order valence-electron chi connectivity index (χ2n) is 5.78. The molecule has 1 aliphatic rings. The van der Waals surface area contributed by atoms with Crippen molar-refractivity contribution < 1.29 is 9.18 Å². The van der Waals surface area contributed by atoms with Crippen molar-refractivity contribution in [3.05, 3.63) is 47.8 Å². The van der Waals surface area contributed by atoms with E-state index in [-0.39, 0.29) is 18.3 Å². The van der Waals surface area contributed by atoms with Crippen LogP contribution in [0.3, 0.4) is 0 Å². The second kappa shape index (κ2) is 6.16. The fourth-order valence-corrected chi connectivity index (χ4v) is 3.61. The zero-order valence-electron chi connectivity index (χ0n) is 12.8. The maximum atomic E-state index is 13.5. The highest BCUT2D eigenvalue weighted by Gasteiger charge is 2.20. The van der Waals surface area contributed by atoms with Gasteiger partial charge in [-0.25, -0.2) is 4.39 Å². The van der Waals surface area contributed by atoms with E-state index in [1.165, 1.54) is 12.1 Å². The van der Waals surface area contributed by atoms with Crippen molar-refractivity contribution in [1.82, 2.24) is 8.75 Å². The largest absolute Gasteiger partial charge is 0.362 e. The molecule has 2 aromatic carbocycles. The lowest BCUT2D eigenvalue weighted by Gasteiger charge is -2.30.